The van der Waals surface area contributed by atoms with Crippen molar-refractivity contribution in [3.05, 3.63) is 32.6 Å². The number of aromatic nitrogens is 1. The van der Waals surface area contributed by atoms with Gasteiger partial charge in [0, 0.05) is 11.5 Å². The molecule has 8 heteroatoms. The van der Waals surface area contributed by atoms with Crippen molar-refractivity contribution < 1.29 is 13.7 Å². The van der Waals surface area contributed by atoms with Gasteiger partial charge in [0.15, 0.2) is 0 Å². The highest BCUT2D eigenvalue weighted by molar-refractivity contribution is 9.08. The van der Waals surface area contributed by atoms with Crippen molar-refractivity contribution in [3.8, 4) is 0 Å². The van der Waals surface area contributed by atoms with Crippen LogP contribution in [0.4, 0.5) is 14.5 Å². The largest absolute Gasteiger partial charge is 0.300 e. The van der Waals surface area contributed by atoms with Crippen LogP contribution >= 0.6 is 27.5 Å². The van der Waals surface area contributed by atoms with Gasteiger partial charge in [-0.15, -0.1) is 0 Å². The molecular formula is C7H4BrClF2N2O2. The summed E-state index contributed by atoms with van der Waals surface area (Å²) in [7, 11) is 0. The molecule has 0 fully saturated rings. The van der Waals surface area contributed by atoms with Crippen molar-refractivity contribution in [2.75, 3.05) is 0 Å². The van der Waals surface area contributed by atoms with E-state index in [0.717, 1.165) is 6.20 Å². The summed E-state index contributed by atoms with van der Waals surface area (Å²) in [6.45, 7) is 0. The number of nitro groups is 1. The fourth-order valence-electron chi connectivity index (χ4n) is 0.967. The third-order valence-electron chi connectivity index (χ3n) is 1.64. The van der Waals surface area contributed by atoms with E-state index in [0.29, 0.717) is 0 Å². The maximum Gasteiger partial charge on any atom is 0.300 e. The molecule has 0 saturated carbocycles. The Morgan fingerprint density at radius 3 is 2.67 bits per heavy atom. The SMILES string of the molecule is O=[N+]([O-])c1c(C(F)F)cnc(CBr)c1Cl. The predicted molar refractivity (Wildman–Crippen MR) is 53.5 cm³/mol. The van der Waals surface area contributed by atoms with E-state index in [4.69, 9.17) is 11.6 Å². The molecule has 15 heavy (non-hydrogen) atoms. The fraction of sp³-hybridized carbons (Fsp3) is 0.286. The van der Waals surface area contributed by atoms with Crippen molar-refractivity contribution in [3.63, 3.8) is 0 Å². The normalized spacial score (nSPS) is 10.7. The second kappa shape index (κ2) is 4.80. The minimum atomic E-state index is -2.97. The molecule has 0 bridgehead atoms. The summed E-state index contributed by atoms with van der Waals surface area (Å²) >= 11 is 8.58. The number of pyridine rings is 1. The van der Waals surface area contributed by atoms with Crippen LogP contribution in [-0.4, -0.2) is 9.91 Å². The lowest BCUT2D eigenvalue weighted by molar-refractivity contribution is -0.386. The average Bonchev–Trinajstić information content (AvgIpc) is 2.16. The Morgan fingerprint density at radius 2 is 2.27 bits per heavy atom. The first-order chi connectivity index (χ1) is 6.99. The summed E-state index contributed by atoms with van der Waals surface area (Å²) in [5.41, 5.74) is -1.39. The summed E-state index contributed by atoms with van der Waals surface area (Å²) in [4.78, 5) is 13.2. The van der Waals surface area contributed by atoms with Crippen LogP contribution < -0.4 is 0 Å². The van der Waals surface area contributed by atoms with Crippen molar-refractivity contribution in [2.45, 2.75) is 11.8 Å². The molecule has 1 aromatic heterocycles. The van der Waals surface area contributed by atoms with Crippen LogP contribution in [0.2, 0.25) is 5.02 Å². The van der Waals surface area contributed by atoms with Crippen LogP contribution in [0.5, 0.6) is 0 Å². The van der Waals surface area contributed by atoms with E-state index in [9.17, 15) is 18.9 Å². The van der Waals surface area contributed by atoms with Gasteiger partial charge in [0.1, 0.15) is 10.6 Å². The first-order valence-corrected chi connectivity index (χ1v) is 5.14. The summed E-state index contributed by atoms with van der Waals surface area (Å²) in [5.74, 6) is 0. The molecular weight excluding hydrogens is 297 g/mol. The third kappa shape index (κ3) is 2.40. The second-order valence-electron chi connectivity index (χ2n) is 2.51. The first kappa shape index (κ1) is 12.3. The smallest absolute Gasteiger partial charge is 0.258 e. The highest BCUT2D eigenvalue weighted by Gasteiger charge is 2.27. The van der Waals surface area contributed by atoms with Crippen LogP contribution in [-0.2, 0) is 5.33 Å². The fourth-order valence-corrected chi connectivity index (χ4v) is 1.85. The number of halogens is 4. The molecule has 0 saturated heterocycles. The van der Waals surface area contributed by atoms with Gasteiger partial charge in [-0.1, -0.05) is 27.5 Å². The standard InChI is InChI=1S/C7H4BrClF2N2O2/c8-1-4-5(9)6(13(14)15)3(2-12-4)7(10)11/h2,7H,1H2. The van der Waals surface area contributed by atoms with E-state index >= 15 is 0 Å². The van der Waals surface area contributed by atoms with Gasteiger partial charge in [0.2, 0.25) is 0 Å². The third-order valence-corrected chi connectivity index (χ3v) is 2.57. The molecule has 0 amide bonds. The Balaban J connectivity index is 3.44. The molecule has 0 aliphatic rings. The van der Waals surface area contributed by atoms with Crippen molar-refractivity contribution in [2.24, 2.45) is 0 Å². The van der Waals surface area contributed by atoms with Crippen LogP contribution in [0.1, 0.15) is 17.7 Å². The Bertz CT molecular complexity index is 403. The summed E-state index contributed by atoms with van der Waals surface area (Å²) in [6.07, 6.45) is -2.20. The second-order valence-corrected chi connectivity index (χ2v) is 3.45. The lowest BCUT2D eigenvalue weighted by Gasteiger charge is -2.05. The molecule has 0 spiro atoms. The lowest BCUT2D eigenvalue weighted by Crippen LogP contribution is -2.01. The molecule has 1 heterocycles. The highest BCUT2D eigenvalue weighted by atomic mass is 79.9. The Kier molecular flexibility index (Phi) is 3.92. The number of nitrogens with zero attached hydrogens (tertiary/aromatic N) is 2. The van der Waals surface area contributed by atoms with Crippen LogP contribution in [0.3, 0.4) is 0 Å². The van der Waals surface area contributed by atoms with Crippen LogP contribution in [0.15, 0.2) is 6.20 Å². The van der Waals surface area contributed by atoms with Crippen molar-refractivity contribution in [1.29, 1.82) is 0 Å². The first-order valence-electron chi connectivity index (χ1n) is 3.64. The summed E-state index contributed by atoms with van der Waals surface area (Å²) in [6, 6.07) is 0. The molecule has 0 aliphatic heterocycles. The maximum absolute atomic E-state index is 12.4. The molecule has 1 rings (SSSR count). The molecule has 0 aromatic carbocycles. The zero-order valence-corrected chi connectivity index (χ0v) is 9.43. The molecule has 0 atom stereocenters. The Hall–Kier alpha value is -0.820. The summed E-state index contributed by atoms with van der Waals surface area (Å²) in [5, 5.41) is 10.4. The molecule has 0 N–H and O–H groups in total. The molecule has 0 aliphatic carbocycles. The minimum absolute atomic E-state index is 0.160. The predicted octanol–water partition coefficient (Wildman–Crippen LogP) is 3.48. The van der Waals surface area contributed by atoms with Crippen LogP contribution in [0, 0.1) is 10.1 Å². The quantitative estimate of drug-likeness (QED) is 0.488. The van der Waals surface area contributed by atoms with Crippen LogP contribution in [0.25, 0.3) is 0 Å². The number of hydrogen-bond acceptors (Lipinski definition) is 3. The molecule has 82 valence electrons. The lowest BCUT2D eigenvalue weighted by atomic mass is 10.2. The van der Waals surface area contributed by atoms with Gasteiger partial charge >= 0.3 is 0 Å². The van der Waals surface area contributed by atoms with Gasteiger partial charge in [-0.25, -0.2) is 8.78 Å². The van der Waals surface area contributed by atoms with Gasteiger partial charge in [-0.2, -0.15) is 0 Å². The number of alkyl halides is 3. The Labute approximate surface area is 96.5 Å². The van der Waals surface area contributed by atoms with E-state index in [1.165, 1.54) is 0 Å². The van der Waals surface area contributed by atoms with Gasteiger partial charge < -0.3 is 0 Å². The van der Waals surface area contributed by atoms with Gasteiger partial charge in [-0.3, -0.25) is 15.1 Å². The minimum Gasteiger partial charge on any atom is -0.258 e. The maximum atomic E-state index is 12.4. The monoisotopic (exact) mass is 300 g/mol. The number of rotatable bonds is 3. The zero-order valence-electron chi connectivity index (χ0n) is 7.08. The average molecular weight is 301 g/mol. The molecule has 4 nitrogen and oxygen atoms in total. The van der Waals surface area contributed by atoms with E-state index in [1.807, 2.05) is 0 Å². The van der Waals surface area contributed by atoms with E-state index in [1.54, 1.807) is 0 Å². The molecule has 0 unspecified atom stereocenters. The van der Waals surface area contributed by atoms with Gasteiger partial charge in [0.25, 0.3) is 12.1 Å². The van der Waals surface area contributed by atoms with Gasteiger partial charge in [-0.05, 0) is 0 Å². The van der Waals surface area contributed by atoms with E-state index < -0.39 is 22.6 Å². The summed E-state index contributed by atoms with van der Waals surface area (Å²) < 4.78 is 24.8. The van der Waals surface area contributed by atoms with Crippen molar-refractivity contribution in [1.82, 2.24) is 4.98 Å². The van der Waals surface area contributed by atoms with Gasteiger partial charge in [0.05, 0.1) is 10.6 Å². The number of hydrogen-bond donors (Lipinski definition) is 0. The highest BCUT2D eigenvalue weighted by Crippen LogP contribution is 2.36. The zero-order chi connectivity index (χ0) is 11.6. The molecule has 0 radical (unpaired) electrons. The van der Waals surface area contributed by atoms with Crippen molar-refractivity contribution >= 4 is 33.2 Å². The van der Waals surface area contributed by atoms with E-state index in [-0.39, 0.29) is 16.0 Å². The Morgan fingerprint density at radius 1 is 1.67 bits per heavy atom. The molecule has 1 aromatic rings. The topological polar surface area (TPSA) is 56.0 Å². The van der Waals surface area contributed by atoms with E-state index in [2.05, 4.69) is 20.9 Å².